The molecule has 0 aliphatic carbocycles. The van der Waals surface area contributed by atoms with Crippen LogP contribution in [0.3, 0.4) is 0 Å². The van der Waals surface area contributed by atoms with E-state index in [-0.39, 0.29) is 23.9 Å². The monoisotopic (exact) mass is 289 g/mol. The molecule has 2 fully saturated rings. The predicted octanol–water partition coefficient (Wildman–Crippen LogP) is 2.60. The third-order valence-electron chi connectivity index (χ3n) is 4.75. The first-order chi connectivity index (χ1) is 10.1. The van der Waals surface area contributed by atoms with Crippen LogP contribution in [0.1, 0.15) is 26.2 Å². The minimum absolute atomic E-state index is 0.00912. The van der Waals surface area contributed by atoms with Gasteiger partial charge in [0, 0.05) is 5.39 Å². The highest BCUT2D eigenvalue weighted by Gasteiger charge is 2.53. The average Bonchev–Trinajstić information content (AvgIpc) is 3.13. The van der Waals surface area contributed by atoms with Gasteiger partial charge in [0.05, 0.1) is 23.1 Å². The lowest BCUT2D eigenvalue weighted by Crippen LogP contribution is -2.41. The smallest absolute Gasteiger partial charge is 0.234 e. The van der Waals surface area contributed by atoms with Gasteiger partial charge < -0.3 is 10.1 Å². The van der Waals surface area contributed by atoms with Gasteiger partial charge in [-0.2, -0.15) is 5.10 Å². The van der Waals surface area contributed by atoms with Crippen LogP contribution in [0.2, 0.25) is 0 Å². The van der Waals surface area contributed by atoms with Crippen molar-refractivity contribution < 1.29 is 13.9 Å². The first-order valence-electron chi connectivity index (χ1n) is 7.17. The van der Waals surface area contributed by atoms with Gasteiger partial charge in [0.15, 0.2) is 5.82 Å². The summed E-state index contributed by atoms with van der Waals surface area (Å²) in [5.74, 6) is 0.0314. The standard InChI is InChI=1S/C15H16FN3O2/c1-15(7-9-3-5-12(15)21-9)14(20)17-13-10-4-2-8(16)6-11(10)18-19-13/h2,4,6,9,12H,3,5,7H2,1H3,(H2,17,18,19,20). The lowest BCUT2D eigenvalue weighted by atomic mass is 9.75. The second-order valence-corrected chi connectivity index (χ2v) is 6.16. The molecule has 2 saturated heterocycles. The highest BCUT2D eigenvalue weighted by atomic mass is 19.1. The van der Waals surface area contributed by atoms with E-state index in [2.05, 4.69) is 15.5 Å². The van der Waals surface area contributed by atoms with E-state index in [1.54, 1.807) is 6.07 Å². The molecular formula is C15H16FN3O2. The van der Waals surface area contributed by atoms with E-state index in [1.165, 1.54) is 12.1 Å². The number of carbonyl (C=O) groups excluding carboxylic acids is 1. The third kappa shape index (κ3) is 1.86. The molecule has 110 valence electrons. The van der Waals surface area contributed by atoms with E-state index in [0.29, 0.717) is 16.7 Å². The first kappa shape index (κ1) is 12.8. The van der Waals surface area contributed by atoms with Crippen molar-refractivity contribution in [1.82, 2.24) is 10.2 Å². The summed E-state index contributed by atoms with van der Waals surface area (Å²) in [5, 5.41) is 10.4. The first-order valence-corrected chi connectivity index (χ1v) is 7.17. The second-order valence-electron chi connectivity index (χ2n) is 6.16. The SMILES string of the molecule is CC1(C(=O)Nc2n[nH]c3cc(F)ccc23)CC2CCC1O2. The largest absolute Gasteiger partial charge is 0.374 e. The number of H-pyrrole nitrogens is 1. The molecule has 4 rings (SSSR count). The lowest BCUT2D eigenvalue weighted by molar-refractivity contribution is -0.127. The van der Waals surface area contributed by atoms with Gasteiger partial charge in [-0.05, 0) is 44.4 Å². The fourth-order valence-corrected chi connectivity index (χ4v) is 3.51. The number of benzene rings is 1. The molecule has 1 aromatic carbocycles. The molecule has 3 unspecified atom stereocenters. The maximum Gasteiger partial charge on any atom is 0.234 e. The normalized spacial score (nSPS) is 31.0. The van der Waals surface area contributed by atoms with Crippen molar-refractivity contribution in [1.29, 1.82) is 0 Å². The number of rotatable bonds is 2. The highest BCUT2D eigenvalue weighted by Crippen LogP contribution is 2.48. The molecule has 21 heavy (non-hydrogen) atoms. The summed E-state index contributed by atoms with van der Waals surface area (Å²) in [4.78, 5) is 12.6. The van der Waals surface area contributed by atoms with E-state index >= 15 is 0 Å². The van der Waals surface area contributed by atoms with Gasteiger partial charge in [-0.25, -0.2) is 4.39 Å². The van der Waals surface area contributed by atoms with Crippen LogP contribution in [-0.4, -0.2) is 28.3 Å². The minimum Gasteiger partial charge on any atom is -0.374 e. The number of nitrogens with zero attached hydrogens (tertiary/aromatic N) is 1. The van der Waals surface area contributed by atoms with E-state index in [0.717, 1.165) is 19.3 Å². The molecule has 6 heteroatoms. The van der Waals surface area contributed by atoms with Crippen molar-refractivity contribution >= 4 is 22.6 Å². The van der Waals surface area contributed by atoms with E-state index in [1.807, 2.05) is 6.92 Å². The summed E-state index contributed by atoms with van der Waals surface area (Å²) >= 11 is 0. The van der Waals surface area contributed by atoms with Crippen LogP contribution in [0.25, 0.3) is 10.9 Å². The molecule has 2 aliphatic heterocycles. The van der Waals surface area contributed by atoms with Crippen LogP contribution in [0, 0.1) is 11.2 Å². The fraction of sp³-hybridized carbons (Fsp3) is 0.467. The van der Waals surface area contributed by atoms with Crippen molar-refractivity contribution in [2.45, 2.75) is 38.4 Å². The number of aromatic amines is 1. The van der Waals surface area contributed by atoms with Crippen LogP contribution in [0.4, 0.5) is 10.2 Å². The Balaban J connectivity index is 1.61. The zero-order valence-corrected chi connectivity index (χ0v) is 11.6. The van der Waals surface area contributed by atoms with Crippen LogP contribution < -0.4 is 5.32 Å². The van der Waals surface area contributed by atoms with Gasteiger partial charge in [0.25, 0.3) is 0 Å². The third-order valence-corrected chi connectivity index (χ3v) is 4.75. The Morgan fingerprint density at radius 3 is 3.10 bits per heavy atom. The van der Waals surface area contributed by atoms with Crippen LogP contribution in [0.15, 0.2) is 18.2 Å². The summed E-state index contributed by atoms with van der Waals surface area (Å²) in [6.45, 7) is 1.95. The van der Waals surface area contributed by atoms with Gasteiger partial charge in [-0.1, -0.05) is 0 Å². The number of amides is 1. The van der Waals surface area contributed by atoms with Gasteiger partial charge in [0.2, 0.25) is 5.91 Å². The summed E-state index contributed by atoms with van der Waals surface area (Å²) in [5.41, 5.74) is 0.0634. The molecule has 0 spiro atoms. The molecule has 1 amide bonds. The van der Waals surface area contributed by atoms with Gasteiger partial charge in [-0.3, -0.25) is 9.89 Å². The van der Waals surface area contributed by atoms with Gasteiger partial charge in [0.1, 0.15) is 5.82 Å². The average molecular weight is 289 g/mol. The topological polar surface area (TPSA) is 67.0 Å². The Bertz CT molecular complexity index is 729. The number of nitrogens with one attached hydrogen (secondary N) is 2. The summed E-state index contributed by atoms with van der Waals surface area (Å²) in [6.07, 6.45) is 2.92. The maximum absolute atomic E-state index is 13.2. The van der Waals surface area contributed by atoms with Crippen LogP contribution >= 0.6 is 0 Å². The number of fused-ring (bicyclic) bond motifs is 3. The molecule has 3 heterocycles. The lowest BCUT2D eigenvalue weighted by Gasteiger charge is -2.29. The number of ether oxygens (including phenoxy) is 1. The second kappa shape index (κ2) is 4.27. The number of hydrogen-bond acceptors (Lipinski definition) is 3. The molecule has 3 atom stereocenters. The molecule has 2 N–H and O–H groups in total. The maximum atomic E-state index is 13.2. The van der Waals surface area contributed by atoms with Crippen molar-refractivity contribution in [3.05, 3.63) is 24.0 Å². The quantitative estimate of drug-likeness (QED) is 0.893. The highest BCUT2D eigenvalue weighted by molar-refractivity contribution is 6.02. The zero-order valence-electron chi connectivity index (χ0n) is 11.6. The van der Waals surface area contributed by atoms with Crippen molar-refractivity contribution in [3.8, 4) is 0 Å². The summed E-state index contributed by atoms with van der Waals surface area (Å²) in [7, 11) is 0. The Morgan fingerprint density at radius 1 is 1.52 bits per heavy atom. The zero-order chi connectivity index (χ0) is 14.6. The molecule has 1 aromatic heterocycles. The molecule has 5 nitrogen and oxygen atoms in total. The number of hydrogen-bond donors (Lipinski definition) is 2. The van der Waals surface area contributed by atoms with E-state index < -0.39 is 5.41 Å². The summed E-state index contributed by atoms with van der Waals surface area (Å²) < 4.78 is 19.0. The Labute approximate surface area is 120 Å². The van der Waals surface area contributed by atoms with Crippen molar-refractivity contribution in [2.24, 2.45) is 5.41 Å². The van der Waals surface area contributed by atoms with Crippen molar-refractivity contribution in [2.75, 3.05) is 5.32 Å². The number of anilines is 1. The summed E-state index contributed by atoms with van der Waals surface area (Å²) in [6, 6.07) is 4.33. The Kier molecular flexibility index (Phi) is 2.60. The number of aromatic nitrogens is 2. The Hall–Kier alpha value is -1.95. The van der Waals surface area contributed by atoms with Gasteiger partial charge >= 0.3 is 0 Å². The predicted molar refractivity (Wildman–Crippen MR) is 75.3 cm³/mol. The minimum atomic E-state index is -0.506. The molecular weight excluding hydrogens is 273 g/mol. The van der Waals surface area contributed by atoms with E-state index in [4.69, 9.17) is 4.74 Å². The number of carbonyl (C=O) groups is 1. The molecule has 2 aliphatic rings. The van der Waals surface area contributed by atoms with E-state index in [9.17, 15) is 9.18 Å². The van der Waals surface area contributed by atoms with Crippen molar-refractivity contribution in [3.63, 3.8) is 0 Å². The molecule has 0 saturated carbocycles. The fourth-order valence-electron chi connectivity index (χ4n) is 3.51. The van der Waals surface area contributed by atoms with Gasteiger partial charge in [-0.15, -0.1) is 0 Å². The van der Waals surface area contributed by atoms with Crippen LogP contribution in [0.5, 0.6) is 0 Å². The molecule has 2 bridgehead atoms. The Morgan fingerprint density at radius 2 is 2.38 bits per heavy atom. The molecule has 0 radical (unpaired) electrons. The van der Waals surface area contributed by atoms with Crippen LogP contribution in [-0.2, 0) is 9.53 Å². The molecule has 2 aromatic rings. The number of halogens is 1.